The molecule has 2 aliphatic heterocycles. The molecule has 2 fully saturated rings. The molecule has 9 nitrogen and oxygen atoms in total. The van der Waals surface area contributed by atoms with Crippen molar-refractivity contribution >= 4 is 19.1 Å². The molecule has 10 heteroatoms. The normalized spacial score (nSPS) is 17.4. The highest BCUT2D eigenvalue weighted by Gasteiger charge is 2.50. The van der Waals surface area contributed by atoms with Crippen LogP contribution < -0.4 is 4.74 Å². The van der Waals surface area contributed by atoms with E-state index in [9.17, 15) is 19.5 Å². The summed E-state index contributed by atoms with van der Waals surface area (Å²) in [5.74, 6) is 0.212. The second kappa shape index (κ2) is 7.92. The molecule has 0 aliphatic carbocycles. The van der Waals surface area contributed by atoms with Crippen LogP contribution in [0.15, 0.2) is 42.5 Å². The first-order chi connectivity index (χ1) is 14.3. The number of ketones is 1. The topological polar surface area (TPSA) is 102 Å². The third kappa shape index (κ3) is 4.29. The number of hydrogen-bond acceptors (Lipinski definition) is 6. The summed E-state index contributed by atoms with van der Waals surface area (Å²) in [7, 11) is -3.04. The lowest BCUT2D eigenvalue weighted by molar-refractivity contribution is -0.385. The van der Waals surface area contributed by atoms with E-state index < -0.39 is 18.7 Å². The van der Waals surface area contributed by atoms with E-state index in [1.807, 2.05) is 9.34 Å². The van der Waals surface area contributed by atoms with Gasteiger partial charge >= 0.3 is 13.4 Å². The Hall–Kier alpha value is -2.58. The van der Waals surface area contributed by atoms with Gasteiger partial charge in [-0.1, -0.05) is 12.1 Å². The number of benzene rings is 2. The molecular formula is C20H22N3O6P. The molecule has 2 heterocycles. The third-order valence-corrected chi connectivity index (χ3v) is 7.80. The van der Waals surface area contributed by atoms with Crippen molar-refractivity contribution in [2.75, 3.05) is 26.2 Å². The molecule has 0 N–H and O–H groups in total. The lowest BCUT2D eigenvalue weighted by Gasteiger charge is -2.24. The van der Waals surface area contributed by atoms with Gasteiger partial charge in [0.25, 0.3) is 0 Å². The molecule has 1 unspecified atom stereocenters. The van der Waals surface area contributed by atoms with E-state index in [0.717, 1.165) is 26.2 Å². The highest BCUT2D eigenvalue weighted by Crippen LogP contribution is 2.63. The van der Waals surface area contributed by atoms with Crippen molar-refractivity contribution in [3.05, 3.63) is 63.7 Å². The minimum Gasteiger partial charge on any atom is -0.450 e. The van der Waals surface area contributed by atoms with Crippen LogP contribution >= 0.6 is 7.67 Å². The van der Waals surface area contributed by atoms with Gasteiger partial charge in [-0.05, 0) is 43.7 Å². The van der Waals surface area contributed by atoms with Crippen molar-refractivity contribution in [3.8, 4) is 11.5 Å². The highest BCUT2D eigenvalue weighted by atomic mass is 31.2. The molecule has 2 saturated heterocycles. The van der Waals surface area contributed by atoms with E-state index in [1.54, 1.807) is 31.2 Å². The fourth-order valence-electron chi connectivity index (χ4n) is 3.10. The largest absolute Gasteiger partial charge is 0.450 e. The Morgan fingerprint density at radius 2 is 1.80 bits per heavy atom. The first kappa shape index (κ1) is 20.7. The Morgan fingerprint density at radius 3 is 2.37 bits per heavy atom. The van der Waals surface area contributed by atoms with Gasteiger partial charge in [-0.25, -0.2) is 9.34 Å². The van der Waals surface area contributed by atoms with E-state index in [-0.39, 0.29) is 17.2 Å². The van der Waals surface area contributed by atoms with Gasteiger partial charge in [0.2, 0.25) is 5.75 Å². The second-order valence-electron chi connectivity index (χ2n) is 7.32. The van der Waals surface area contributed by atoms with Crippen molar-refractivity contribution in [1.29, 1.82) is 0 Å². The molecule has 2 aliphatic rings. The zero-order chi connectivity index (χ0) is 21.5. The summed E-state index contributed by atoms with van der Waals surface area (Å²) in [6, 6.07) is 10.9. The Kier molecular flexibility index (Phi) is 5.46. The van der Waals surface area contributed by atoms with Gasteiger partial charge in [-0.2, -0.15) is 0 Å². The smallest absolute Gasteiger partial charge is 0.346 e. The summed E-state index contributed by atoms with van der Waals surface area (Å²) in [6.45, 7) is 6.15. The molecule has 2 aromatic carbocycles. The summed E-state index contributed by atoms with van der Waals surface area (Å²) in [4.78, 5) is 22.5. The van der Waals surface area contributed by atoms with Crippen LogP contribution in [0.5, 0.6) is 11.5 Å². The molecule has 0 amide bonds. The van der Waals surface area contributed by atoms with Gasteiger partial charge in [-0.3, -0.25) is 24.0 Å². The standard InChI is InChI=1S/C20H22N3O6P/c1-14(24)16-4-3-5-18(12-16)28-20-13-17(6-7-19(20)23(25)26)15(2)29-30(27,21-8-9-21)22-10-11-22/h3-7,12-13,15H,8-11H2,1-2H3. The lowest BCUT2D eigenvalue weighted by atomic mass is 10.1. The van der Waals surface area contributed by atoms with Crippen LogP contribution in [-0.4, -0.2) is 46.2 Å². The summed E-state index contributed by atoms with van der Waals surface area (Å²) >= 11 is 0. The fraction of sp³-hybridized carbons (Fsp3) is 0.350. The summed E-state index contributed by atoms with van der Waals surface area (Å²) in [5, 5.41) is 11.5. The van der Waals surface area contributed by atoms with Crippen molar-refractivity contribution in [2.45, 2.75) is 20.0 Å². The van der Waals surface area contributed by atoms with Gasteiger partial charge in [-0.15, -0.1) is 0 Å². The third-order valence-electron chi connectivity index (χ3n) is 4.98. The Bertz CT molecular complexity index is 1030. The molecule has 1 atom stereocenters. The number of nitrogens with zero attached hydrogens (tertiary/aromatic N) is 3. The van der Waals surface area contributed by atoms with Crippen LogP contribution in [0.4, 0.5) is 5.69 Å². The molecule has 4 rings (SSSR count). The minimum absolute atomic E-state index is 0.0296. The summed E-state index contributed by atoms with van der Waals surface area (Å²) in [5.41, 5.74) is 0.849. The van der Waals surface area contributed by atoms with Crippen LogP contribution in [-0.2, 0) is 9.09 Å². The van der Waals surface area contributed by atoms with Crippen molar-refractivity contribution < 1.29 is 23.5 Å². The average molecular weight is 431 g/mol. The molecule has 0 saturated carbocycles. The number of hydrogen-bond donors (Lipinski definition) is 0. The Labute approximate surface area is 173 Å². The molecule has 0 spiro atoms. The number of carbonyl (C=O) groups excluding carboxylic acids is 1. The number of nitro groups is 1. The number of rotatable bonds is 9. The van der Waals surface area contributed by atoms with Crippen LogP contribution in [0.2, 0.25) is 0 Å². The van der Waals surface area contributed by atoms with Gasteiger partial charge in [0.15, 0.2) is 5.78 Å². The predicted octanol–water partition coefficient (Wildman–Crippen LogP) is 4.41. The van der Waals surface area contributed by atoms with E-state index in [0.29, 0.717) is 16.9 Å². The maximum absolute atomic E-state index is 13.2. The number of nitro benzene ring substituents is 1. The zero-order valence-corrected chi connectivity index (χ0v) is 17.6. The van der Waals surface area contributed by atoms with Crippen LogP contribution in [0.3, 0.4) is 0 Å². The predicted molar refractivity (Wildman–Crippen MR) is 110 cm³/mol. The maximum Gasteiger partial charge on any atom is 0.346 e. The summed E-state index contributed by atoms with van der Waals surface area (Å²) in [6.07, 6.45) is -0.552. The zero-order valence-electron chi connectivity index (χ0n) is 16.7. The van der Waals surface area contributed by atoms with Crippen molar-refractivity contribution in [1.82, 2.24) is 9.34 Å². The number of ether oxygens (including phenoxy) is 1. The van der Waals surface area contributed by atoms with Crippen LogP contribution in [0.25, 0.3) is 0 Å². The maximum atomic E-state index is 13.2. The van der Waals surface area contributed by atoms with Gasteiger partial charge in [0.05, 0.1) is 11.0 Å². The Morgan fingerprint density at radius 1 is 1.13 bits per heavy atom. The molecule has 2 aromatic rings. The quantitative estimate of drug-likeness (QED) is 0.189. The lowest BCUT2D eigenvalue weighted by Crippen LogP contribution is -2.10. The summed E-state index contributed by atoms with van der Waals surface area (Å²) < 4.78 is 28.6. The molecule has 30 heavy (non-hydrogen) atoms. The average Bonchev–Trinajstić information content (AvgIpc) is 3.59. The molecule has 0 bridgehead atoms. The van der Waals surface area contributed by atoms with E-state index >= 15 is 0 Å². The molecule has 0 radical (unpaired) electrons. The van der Waals surface area contributed by atoms with Crippen molar-refractivity contribution in [2.24, 2.45) is 0 Å². The monoisotopic (exact) mass is 431 g/mol. The number of Topliss-reactive ketones (excluding diaryl/α,β-unsaturated/α-hetero) is 1. The first-order valence-electron chi connectivity index (χ1n) is 9.64. The van der Waals surface area contributed by atoms with E-state index in [1.165, 1.54) is 25.1 Å². The van der Waals surface area contributed by atoms with Crippen LogP contribution in [0, 0.1) is 10.1 Å². The van der Waals surface area contributed by atoms with Gasteiger partial charge < -0.3 is 4.74 Å². The van der Waals surface area contributed by atoms with Crippen LogP contribution in [0.1, 0.15) is 35.9 Å². The molecule has 0 aromatic heterocycles. The van der Waals surface area contributed by atoms with E-state index in [2.05, 4.69) is 0 Å². The minimum atomic E-state index is -3.04. The van der Waals surface area contributed by atoms with Gasteiger partial charge in [0.1, 0.15) is 5.75 Å². The second-order valence-corrected chi connectivity index (χ2v) is 9.64. The SMILES string of the molecule is CC(=O)c1cccc(Oc2cc(C(C)OP(=O)(N3CC3)N3CC3)ccc2[N+](=O)[O-])c1. The van der Waals surface area contributed by atoms with E-state index in [4.69, 9.17) is 9.26 Å². The Balaban J connectivity index is 1.61. The van der Waals surface area contributed by atoms with Crippen molar-refractivity contribution in [3.63, 3.8) is 0 Å². The first-order valence-corrected chi connectivity index (χ1v) is 11.2. The number of carbonyl (C=O) groups is 1. The molecular weight excluding hydrogens is 409 g/mol. The fourth-order valence-corrected chi connectivity index (χ4v) is 5.44. The van der Waals surface area contributed by atoms with Gasteiger partial charge in [0, 0.05) is 37.8 Å². The highest BCUT2D eigenvalue weighted by molar-refractivity contribution is 7.54. The molecule has 158 valence electrons.